The summed E-state index contributed by atoms with van der Waals surface area (Å²) in [6.45, 7) is 4.99. The highest BCUT2D eigenvalue weighted by Gasteiger charge is 2.24. The molecule has 1 saturated heterocycles. The maximum atomic E-state index is 12.3. The summed E-state index contributed by atoms with van der Waals surface area (Å²) in [5.41, 5.74) is 7.38. The summed E-state index contributed by atoms with van der Waals surface area (Å²) in [6, 6.07) is 0. The van der Waals surface area contributed by atoms with Crippen LogP contribution in [0.4, 0.5) is 0 Å². The van der Waals surface area contributed by atoms with Crippen molar-refractivity contribution < 1.29 is 9.53 Å². The monoisotopic (exact) mass is 318 g/mol. The van der Waals surface area contributed by atoms with E-state index < -0.39 is 0 Å². The predicted octanol–water partition coefficient (Wildman–Crippen LogP) is 2.45. The lowest BCUT2D eigenvalue weighted by molar-refractivity contribution is 0.00844. The van der Waals surface area contributed by atoms with E-state index in [1.54, 1.807) is 11.3 Å². The summed E-state index contributed by atoms with van der Waals surface area (Å²) in [5, 5.41) is 3.97. The third-order valence-corrected chi connectivity index (χ3v) is 4.38. The topological polar surface area (TPSA) is 55.6 Å². The second kappa shape index (κ2) is 8.62. The summed E-state index contributed by atoms with van der Waals surface area (Å²) in [4.78, 5) is 14.3. The number of ether oxygens (including phenoxy) is 1. The van der Waals surface area contributed by atoms with Crippen molar-refractivity contribution in [3.63, 3.8) is 0 Å². The van der Waals surface area contributed by atoms with Crippen LogP contribution in [0.3, 0.4) is 0 Å². The minimum absolute atomic E-state index is 0. The summed E-state index contributed by atoms with van der Waals surface area (Å²) in [6.07, 6.45) is 3.06. The minimum Gasteiger partial charge on any atom is -0.378 e. The molecule has 2 N–H and O–H groups in total. The van der Waals surface area contributed by atoms with Crippen molar-refractivity contribution in [2.75, 3.05) is 26.2 Å². The number of piperidine rings is 1. The van der Waals surface area contributed by atoms with Crippen LogP contribution in [0, 0.1) is 6.92 Å². The number of nitrogens with zero attached hydrogens (tertiary/aromatic N) is 1. The lowest BCUT2D eigenvalue weighted by Gasteiger charge is -2.32. The first-order chi connectivity index (χ1) is 9.22. The zero-order valence-electron chi connectivity index (χ0n) is 11.8. The van der Waals surface area contributed by atoms with Crippen molar-refractivity contribution in [1.82, 2.24) is 4.90 Å². The van der Waals surface area contributed by atoms with Crippen molar-refractivity contribution in [2.45, 2.75) is 32.3 Å². The Kier molecular flexibility index (Phi) is 7.51. The quantitative estimate of drug-likeness (QED) is 0.848. The Hall–Kier alpha value is -0.620. The van der Waals surface area contributed by atoms with E-state index in [0.717, 1.165) is 50.1 Å². The largest absolute Gasteiger partial charge is 0.378 e. The molecule has 0 saturated carbocycles. The fourth-order valence-electron chi connectivity index (χ4n) is 2.31. The smallest absolute Gasteiger partial charge is 0.254 e. The third kappa shape index (κ3) is 4.45. The van der Waals surface area contributed by atoms with Gasteiger partial charge in [0, 0.05) is 25.1 Å². The normalized spacial score (nSPS) is 16.0. The number of amides is 1. The predicted molar refractivity (Wildman–Crippen MR) is 84.9 cm³/mol. The Labute approximate surface area is 130 Å². The molecule has 0 unspecified atom stereocenters. The molecule has 0 aromatic carbocycles. The van der Waals surface area contributed by atoms with Crippen LogP contribution in [0.15, 0.2) is 10.8 Å². The molecule has 0 aliphatic carbocycles. The van der Waals surface area contributed by atoms with E-state index >= 15 is 0 Å². The molecule has 1 aromatic rings. The number of aryl methyl sites for hydroxylation is 1. The van der Waals surface area contributed by atoms with Crippen molar-refractivity contribution in [1.29, 1.82) is 0 Å². The first kappa shape index (κ1) is 17.4. The lowest BCUT2D eigenvalue weighted by Crippen LogP contribution is -2.41. The fraction of sp³-hybridized carbons (Fsp3) is 0.643. The van der Waals surface area contributed by atoms with E-state index in [-0.39, 0.29) is 18.3 Å². The van der Waals surface area contributed by atoms with Crippen LogP contribution in [-0.4, -0.2) is 43.2 Å². The zero-order valence-corrected chi connectivity index (χ0v) is 13.5. The number of carbonyl (C=O) groups is 1. The highest BCUT2D eigenvalue weighted by molar-refractivity contribution is 7.08. The van der Waals surface area contributed by atoms with Gasteiger partial charge in [0.05, 0.1) is 11.7 Å². The molecule has 0 spiro atoms. The van der Waals surface area contributed by atoms with Crippen LogP contribution < -0.4 is 5.73 Å². The van der Waals surface area contributed by atoms with Gasteiger partial charge in [0.25, 0.3) is 5.91 Å². The lowest BCUT2D eigenvalue weighted by atomic mass is 10.1. The van der Waals surface area contributed by atoms with Gasteiger partial charge in [0.2, 0.25) is 0 Å². The number of hydrogen-bond donors (Lipinski definition) is 1. The van der Waals surface area contributed by atoms with Gasteiger partial charge in [-0.15, -0.1) is 12.4 Å². The Balaban J connectivity index is 0.00000200. The van der Waals surface area contributed by atoms with Crippen LogP contribution in [0.2, 0.25) is 0 Å². The van der Waals surface area contributed by atoms with Crippen LogP contribution >= 0.6 is 23.7 Å². The molecule has 4 nitrogen and oxygen atoms in total. The van der Waals surface area contributed by atoms with Crippen LogP contribution in [0.5, 0.6) is 0 Å². The van der Waals surface area contributed by atoms with E-state index in [9.17, 15) is 4.79 Å². The molecule has 1 amide bonds. The van der Waals surface area contributed by atoms with Crippen molar-refractivity contribution in [3.8, 4) is 0 Å². The van der Waals surface area contributed by atoms with Gasteiger partial charge in [-0.05, 0) is 43.7 Å². The number of rotatable bonds is 5. The molecule has 1 aliphatic rings. The zero-order chi connectivity index (χ0) is 13.7. The van der Waals surface area contributed by atoms with Gasteiger partial charge in [-0.3, -0.25) is 4.79 Å². The number of nitrogens with two attached hydrogens (primary N) is 1. The highest BCUT2D eigenvalue weighted by atomic mass is 35.5. The van der Waals surface area contributed by atoms with Crippen molar-refractivity contribution in [3.05, 3.63) is 21.9 Å². The molecule has 0 radical (unpaired) electrons. The van der Waals surface area contributed by atoms with Gasteiger partial charge < -0.3 is 15.4 Å². The average molecular weight is 319 g/mol. The van der Waals surface area contributed by atoms with E-state index in [4.69, 9.17) is 10.5 Å². The molecule has 0 atom stereocenters. The number of halogens is 1. The molecule has 114 valence electrons. The fourth-order valence-corrected chi connectivity index (χ4v) is 3.13. The second-order valence-electron chi connectivity index (χ2n) is 4.97. The third-order valence-electron chi connectivity index (χ3n) is 3.52. The molecular formula is C14H23ClN2O2S. The van der Waals surface area contributed by atoms with E-state index in [0.29, 0.717) is 12.6 Å². The summed E-state index contributed by atoms with van der Waals surface area (Å²) < 4.78 is 5.75. The second-order valence-corrected chi connectivity index (χ2v) is 5.72. The SMILES string of the molecule is Cc1cscc1C(=O)N1CCC(OCCCN)CC1.Cl. The Morgan fingerprint density at radius 3 is 2.70 bits per heavy atom. The molecule has 6 heteroatoms. The number of likely N-dealkylation sites (tertiary alicyclic amines) is 1. The first-order valence-corrected chi connectivity index (χ1v) is 7.80. The highest BCUT2D eigenvalue weighted by Crippen LogP contribution is 2.20. The summed E-state index contributed by atoms with van der Waals surface area (Å²) in [5.74, 6) is 0.166. The molecular weight excluding hydrogens is 296 g/mol. The van der Waals surface area contributed by atoms with Gasteiger partial charge in [-0.25, -0.2) is 0 Å². The van der Waals surface area contributed by atoms with Crippen LogP contribution in [0.1, 0.15) is 35.2 Å². The number of carbonyl (C=O) groups excluding carboxylic acids is 1. The molecule has 2 heterocycles. The van der Waals surface area contributed by atoms with Crippen molar-refractivity contribution >= 4 is 29.7 Å². The van der Waals surface area contributed by atoms with Gasteiger partial charge in [0.1, 0.15) is 0 Å². The summed E-state index contributed by atoms with van der Waals surface area (Å²) >= 11 is 1.59. The van der Waals surface area contributed by atoms with E-state index in [2.05, 4.69) is 0 Å². The number of hydrogen-bond acceptors (Lipinski definition) is 4. The van der Waals surface area contributed by atoms with Crippen LogP contribution in [0.25, 0.3) is 0 Å². The molecule has 1 aliphatic heterocycles. The molecule has 2 rings (SSSR count). The first-order valence-electron chi connectivity index (χ1n) is 6.86. The Morgan fingerprint density at radius 1 is 1.45 bits per heavy atom. The van der Waals surface area contributed by atoms with Crippen LogP contribution in [-0.2, 0) is 4.74 Å². The summed E-state index contributed by atoms with van der Waals surface area (Å²) in [7, 11) is 0. The Morgan fingerprint density at radius 2 is 2.15 bits per heavy atom. The maximum Gasteiger partial charge on any atom is 0.254 e. The minimum atomic E-state index is 0. The van der Waals surface area contributed by atoms with Crippen molar-refractivity contribution in [2.24, 2.45) is 5.73 Å². The maximum absolute atomic E-state index is 12.3. The van der Waals surface area contributed by atoms with E-state index in [1.165, 1.54) is 0 Å². The van der Waals surface area contributed by atoms with Gasteiger partial charge in [-0.2, -0.15) is 11.3 Å². The molecule has 0 bridgehead atoms. The molecule has 1 aromatic heterocycles. The molecule has 20 heavy (non-hydrogen) atoms. The van der Waals surface area contributed by atoms with E-state index in [1.807, 2.05) is 22.6 Å². The Bertz CT molecular complexity index is 417. The molecule has 1 fully saturated rings. The van der Waals surface area contributed by atoms with Gasteiger partial charge >= 0.3 is 0 Å². The average Bonchev–Trinajstić information content (AvgIpc) is 2.85. The standard InChI is InChI=1S/C14H22N2O2S.ClH/c1-11-9-19-10-13(11)14(17)16-6-3-12(4-7-16)18-8-2-5-15;/h9-10,12H,2-8,15H2,1H3;1H. The van der Waals surface area contributed by atoms with Gasteiger partial charge in [0.15, 0.2) is 0 Å². The number of thiophene rings is 1. The van der Waals surface area contributed by atoms with Gasteiger partial charge in [-0.1, -0.05) is 0 Å².